The van der Waals surface area contributed by atoms with Crippen molar-refractivity contribution in [3.8, 4) is 11.5 Å². The van der Waals surface area contributed by atoms with Crippen LogP contribution in [0.4, 0.5) is 4.79 Å². The average molecular weight is 407 g/mol. The number of rotatable bonds is 4. The summed E-state index contributed by atoms with van der Waals surface area (Å²) in [7, 11) is 3.20. The molecule has 0 aliphatic carbocycles. The third-order valence-corrected chi connectivity index (χ3v) is 4.80. The number of benzene rings is 1. The van der Waals surface area contributed by atoms with Gasteiger partial charge in [0.05, 0.1) is 14.2 Å². The Morgan fingerprint density at radius 2 is 1.55 bits per heavy atom. The van der Waals surface area contributed by atoms with Crippen LogP contribution in [0.15, 0.2) is 12.1 Å². The van der Waals surface area contributed by atoms with Gasteiger partial charge in [0, 0.05) is 13.1 Å². The third kappa shape index (κ3) is 5.78. The van der Waals surface area contributed by atoms with Crippen molar-refractivity contribution in [2.45, 2.75) is 66.2 Å². The molecular formula is C22H34N2O5. The van der Waals surface area contributed by atoms with Crippen LogP contribution >= 0.6 is 0 Å². The number of hydrogen-bond acceptors (Lipinski definition) is 5. The molecule has 1 heterocycles. The lowest BCUT2D eigenvalue weighted by molar-refractivity contribution is -0.137. The van der Waals surface area contributed by atoms with Gasteiger partial charge in [0.15, 0.2) is 11.5 Å². The predicted octanol–water partition coefficient (Wildman–Crippen LogP) is 3.53. The topological polar surface area (TPSA) is 77.1 Å². The summed E-state index contributed by atoms with van der Waals surface area (Å²) in [6.45, 7) is 12.2. The van der Waals surface area contributed by atoms with Gasteiger partial charge in [0.2, 0.25) is 5.91 Å². The summed E-state index contributed by atoms with van der Waals surface area (Å²) in [5.74, 6) is 1.20. The van der Waals surface area contributed by atoms with Gasteiger partial charge in [0.1, 0.15) is 11.6 Å². The van der Waals surface area contributed by atoms with Crippen LogP contribution in [0.2, 0.25) is 0 Å². The summed E-state index contributed by atoms with van der Waals surface area (Å²) in [6.07, 6.45) is 0.125. The van der Waals surface area contributed by atoms with Gasteiger partial charge in [-0.25, -0.2) is 4.79 Å². The first-order valence-electron chi connectivity index (χ1n) is 9.88. The van der Waals surface area contributed by atoms with Crippen LogP contribution in [0.25, 0.3) is 0 Å². The zero-order chi connectivity index (χ0) is 22.0. The number of nitrogens with zero attached hydrogens (tertiary/aromatic N) is 1. The molecule has 1 N–H and O–H groups in total. The molecule has 0 saturated carbocycles. The molecule has 0 aromatic heterocycles. The van der Waals surface area contributed by atoms with E-state index in [2.05, 4.69) is 5.32 Å². The molecule has 29 heavy (non-hydrogen) atoms. The minimum absolute atomic E-state index is 0.121. The van der Waals surface area contributed by atoms with Crippen molar-refractivity contribution in [3.63, 3.8) is 0 Å². The van der Waals surface area contributed by atoms with E-state index in [4.69, 9.17) is 14.2 Å². The molecule has 1 aromatic rings. The van der Waals surface area contributed by atoms with Crippen molar-refractivity contribution in [1.29, 1.82) is 0 Å². The normalized spacial score (nSPS) is 15.2. The van der Waals surface area contributed by atoms with Gasteiger partial charge in [-0.2, -0.15) is 0 Å². The SMILES string of the molecule is COc1cc2c(cc1OC)CN(C(=O)[C@H](NC(=O)OC(C)(C)C)C(C)(C)C)CC2. The monoisotopic (exact) mass is 406 g/mol. The first-order valence-corrected chi connectivity index (χ1v) is 9.88. The minimum Gasteiger partial charge on any atom is -0.493 e. The van der Waals surface area contributed by atoms with Crippen LogP contribution in [-0.2, 0) is 22.5 Å². The molecule has 7 heteroatoms. The number of fused-ring (bicyclic) bond motifs is 1. The number of carbonyl (C=O) groups excluding carboxylic acids is 2. The second-order valence-corrected chi connectivity index (χ2v) is 9.43. The Hall–Kier alpha value is -2.44. The van der Waals surface area contributed by atoms with E-state index in [9.17, 15) is 9.59 Å². The van der Waals surface area contributed by atoms with E-state index in [-0.39, 0.29) is 5.91 Å². The van der Waals surface area contributed by atoms with Gasteiger partial charge in [-0.3, -0.25) is 4.79 Å². The standard InChI is InChI=1S/C22H34N2O5/c1-21(2,3)18(23-20(26)29-22(4,5)6)19(25)24-10-9-14-11-16(27-7)17(28-8)12-15(14)13-24/h11-12,18H,9-10,13H2,1-8H3,(H,23,26)/t18-/m0/s1. The number of amides is 2. The summed E-state index contributed by atoms with van der Waals surface area (Å²) >= 11 is 0. The fourth-order valence-electron chi connectivity index (χ4n) is 3.33. The van der Waals surface area contributed by atoms with E-state index >= 15 is 0 Å². The Labute approximate surface area is 173 Å². The molecule has 162 valence electrons. The van der Waals surface area contributed by atoms with Crippen molar-refractivity contribution < 1.29 is 23.8 Å². The van der Waals surface area contributed by atoms with E-state index in [0.717, 1.165) is 11.1 Å². The van der Waals surface area contributed by atoms with Crippen molar-refractivity contribution in [1.82, 2.24) is 10.2 Å². The largest absolute Gasteiger partial charge is 0.493 e. The molecule has 1 aliphatic heterocycles. The van der Waals surface area contributed by atoms with E-state index in [1.165, 1.54) is 0 Å². The molecule has 1 aromatic carbocycles. The number of methoxy groups -OCH3 is 2. The summed E-state index contributed by atoms with van der Waals surface area (Å²) in [5.41, 5.74) is 1.06. The van der Waals surface area contributed by atoms with Gasteiger partial charge in [-0.05, 0) is 55.9 Å². The van der Waals surface area contributed by atoms with Crippen molar-refractivity contribution >= 4 is 12.0 Å². The molecule has 0 unspecified atom stereocenters. The summed E-state index contributed by atoms with van der Waals surface area (Å²) < 4.78 is 16.1. The van der Waals surface area contributed by atoms with Crippen LogP contribution in [0.3, 0.4) is 0 Å². The highest BCUT2D eigenvalue weighted by Gasteiger charge is 2.37. The number of ether oxygens (including phenoxy) is 3. The average Bonchev–Trinajstić information content (AvgIpc) is 2.61. The molecule has 0 radical (unpaired) electrons. The van der Waals surface area contributed by atoms with Crippen molar-refractivity contribution in [3.05, 3.63) is 23.3 Å². The van der Waals surface area contributed by atoms with Crippen LogP contribution in [0.5, 0.6) is 11.5 Å². The Kier molecular flexibility index (Phi) is 6.71. The number of alkyl carbamates (subject to hydrolysis) is 1. The van der Waals surface area contributed by atoms with Crippen LogP contribution in [0, 0.1) is 5.41 Å². The van der Waals surface area contributed by atoms with Crippen LogP contribution in [0.1, 0.15) is 52.7 Å². The molecule has 0 saturated heterocycles. The maximum absolute atomic E-state index is 13.3. The smallest absolute Gasteiger partial charge is 0.408 e. The predicted molar refractivity (Wildman–Crippen MR) is 111 cm³/mol. The van der Waals surface area contributed by atoms with Gasteiger partial charge in [-0.1, -0.05) is 20.8 Å². The van der Waals surface area contributed by atoms with E-state index in [0.29, 0.717) is 31.0 Å². The van der Waals surface area contributed by atoms with Gasteiger partial charge in [0.25, 0.3) is 0 Å². The van der Waals surface area contributed by atoms with Gasteiger partial charge < -0.3 is 24.4 Å². The van der Waals surface area contributed by atoms with E-state index < -0.39 is 23.2 Å². The van der Waals surface area contributed by atoms with E-state index in [1.807, 2.05) is 32.9 Å². The first-order chi connectivity index (χ1) is 13.4. The number of hydrogen-bond donors (Lipinski definition) is 1. The fraction of sp³-hybridized carbons (Fsp3) is 0.636. The van der Waals surface area contributed by atoms with E-state index in [1.54, 1.807) is 39.9 Å². The summed E-state index contributed by atoms with van der Waals surface area (Å²) in [5, 5.41) is 2.78. The zero-order valence-corrected chi connectivity index (χ0v) is 18.8. The second kappa shape index (κ2) is 8.51. The fourth-order valence-corrected chi connectivity index (χ4v) is 3.33. The Morgan fingerprint density at radius 1 is 1.00 bits per heavy atom. The van der Waals surface area contributed by atoms with Gasteiger partial charge >= 0.3 is 6.09 Å². The summed E-state index contributed by atoms with van der Waals surface area (Å²) in [6, 6.07) is 3.19. The molecule has 0 bridgehead atoms. The van der Waals surface area contributed by atoms with Gasteiger partial charge in [-0.15, -0.1) is 0 Å². The third-order valence-electron chi connectivity index (χ3n) is 4.80. The molecule has 1 atom stereocenters. The molecule has 2 amide bonds. The zero-order valence-electron chi connectivity index (χ0n) is 18.8. The second-order valence-electron chi connectivity index (χ2n) is 9.43. The minimum atomic E-state index is -0.695. The quantitative estimate of drug-likeness (QED) is 0.828. The Balaban J connectivity index is 2.21. The number of nitrogens with one attached hydrogen (secondary N) is 1. The Bertz CT molecular complexity index is 762. The van der Waals surface area contributed by atoms with Crippen molar-refractivity contribution in [2.75, 3.05) is 20.8 Å². The Morgan fingerprint density at radius 3 is 2.03 bits per heavy atom. The van der Waals surface area contributed by atoms with Crippen molar-refractivity contribution in [2.24, 2.45) is 5.41 Å². The van der Waals surface area contributed by atoms with Crippen LogP contribution in [-0.4, -0.2) is 49.3 Å². The first kappa shape index (κ1) is 22.8. The lowest BCUT2D eigenvalue weighted by Crippen LogP contribution is -2.56. The number of carbonyl (C=O) groups is 2. The molecule has 0 spiro atoms. The molecule has 7 nitrogen and oxygen atoms in total. The highest BCUT2D eigenvalue weighted by atomic mass is 16.6. The maximum Gasteiger partial charge on any atom is 0.408 e. The lowest BCUT2D eigenvalue weighted by atomic mass is 9.85. The molecular weight excluding hydrogens is 372 g/mol. The maximum atomic E-state index is 13.3. The highest BCUT2D eigenvalue weighted by molar-refractivity contribution is 5.86. The highest BCUT2D eigenvalue weighted by Crippen LogP contribution is 2.34. The van der Waals surface area contributed by atoms with Crippen LogP contribution < -0.4 is 14.8 Å². The molecule has 2 rings (SSSR count). The summed E-state index contributed by atoms with van der Waals surface area (Å²) in [4.78, 5) is 27.4. The molecule has 1 aliphatic rings. The molecule has 0 fully saturated rings. The lowest BCUT2D eigenvalue weighted by Gasteiger charge is -2.37.